The van der Waals surface area contributed by atoms with E-state index < -0.39 is 5.41 Å². The third kappa shape index (κ3) is 2.48. The molecule has 0 aromatic heterocycles. The van der Waals surface area contributed by atoms with Crippen molar-refractivity contribution in [2.75, 3.05) is 12.9 Å². The third-order valence-corrected chi connectivity index (χ3v) is 3.73. The Morgan fingerprint density at radius 2 is 2.12 bits per heavy atom. The van der Waals surface area contributed by atoms with Gasteiger partial charge in [-0.1, -0.05) is 18.2 Å². The first-order valence-corrected chi connectivity index (χ1v) is 6.84. The highest BCUT2D eigenvalue weighted by atomic mass is 32.2. The van der Waals surface area contributed by atoms with Gasteiger partial charge in [-0.05, 0) is 31.7 Å². The van der Waals surface area contributed by atoms with E-state index in [4.69, 9.17) is 4.84 Å². The second-order valence-corrected chi connectivity index (χ2v) is 5.66. The van der Waals surface area contributed by atoms with Crippen LogP contribution in [0.2, 0.25) is 0 Å². The zero-order valence-corrected chi connectivity index (χ0v) is 11.2. The van der Waals surface area contributed by atoms with E-state index in [9.17, 15) is 4.79 Å². The number of nitrogens with zero attached hydrogens (tertiary/aromatic N) is 1. The summed E-state index contributed by atoms with van der Waals surface area (Å²) in [4.78, 5) is 18.7. The maximum absolute atomic E-state index is 12.0. The molecule has 0 radical (unpaired) electrons. The molecule has 0 N–H and O–H groups in total. The molecule has 1 saturated heterocycles. The van der Waals surface area contributed by atoms with E-state index >= 15 is 0 Å². The number of thioether (sulfide) groups is 1. The van der Waals surface area contributed by atoms with Crippen LogP contribution < -0.4 is 0 Å². The minimum Gasteiger partial charge on any atom is -0.272 e. The van der Waals surface area contributed by atoms with Crippen molar-refractivity contribution in [3.05, 3.63) is 29.8 Å². The van der Waals surface area contributed by atoms with Crippen LogP contribution in [0, 0.1) is 5.41 Å². The highest BCUT2D eigenvalue weighted by molar-refractivity contribution is 7.98. The molecule has 1 amide bonds. The molecule has 0 atom stereocenters. The number of hydrogen-bond acceptors (Lipinski definition) is 3. The molecule has 2 rings (SSSR count). The second kappa shape index (κ2) is 4.70. The monoisotopic (exact) mass is 251 g/mol. The van der Waals surface area contributed by atoms with Crippen molar-refractivity contribution in [3.8, 4) is 0 Å². The SMILES string of the molecule is CSc1ccccc1CN1OCC(C)(C)C1=O. The predicted molar refractivity (Wildman–Crippen MR) is 68.5 cm³/mol. The van der Waals surface area contributed by atoms with Gasteiger partial charge in [0.05, 0.1) is 18.6 Å². The van der Waals surface area contributed by atoms with Gasteiger partial charge in [0.1, 0.15) is 0 Å². The van der Waals surface area contributed by atoms with Crippen LogP contribution in [0.3, 0.4) is 0 Å². The number of carbonyl (C=O) groups is 1. The molecular weight excluding hydrogens is 234 g/mol. The highest BCUT2D eigenvalue weighted by Gasteiger charge is 2.40. The van der Waals surface area contributed by atoms with Crippen LogP contribution >= 0.6 is 11.8 Å². The van der Waals surface area contributed by atoms with E-state index in [0.29, 0.717) is 13.2 Å². The van der Waals surface area contributed by atoms with Gasteiger partial charge < -0.3 is 0 Å². The topological polar surface area (TPSA) is 29.5 Å². The van der Waals surface area contributed by atoms with Gasteiger partial charge in [0, 0.05) is 4.90 Å². The van der Waals surface area contributed by atoms with Gasteiger partial charge in [0.15, 0.2) is 0 Å². The van der Waals surface area contributed by atoms with Crippen LogP contribution in [-0.4, -0.2) is 23.8 Å². The third-order valence-electron chi connectivity index (χ3n) is 2.89. The molecule has 1 aromatic rings. The van der Waals surface area contributed by atoms with Crippen molar-refractivity contribution in [1.29, 1.82) is 0 Å². The number of hydrogen-bond donors (Lipinski definition) is 0. The van der Waals surface area contributed by atoms with Crippen LogP contribution in [0.4, 0.5) is 0 Å². The lowest BCUT2D eigenvalue weighted by molar-refractivity contribution is -0.165. The average molecular weight is 251 g/mol. The Labute approximate surface area is 106 Å². The molecule has 1 heterocycles. The first kappa shape index (κ1) is 12.5. The lowest BCUT2D eigenvalue weighted by Crippen LogP contribution is -2.30. The quantitative estimate of drug-likeness (QED) is 0.774. The molecule has 4 heteroatoms. The largest absolute Gasteiger partial charge is 0.272 e. The lowest BCUT2D eigenvalue weighted by atomic mass is 9.95. The van der Waals surface area contributed by atoms with E-state index in [1.54, 1.807) is 11.8 Å². The van der Waals surface area contributed by atoms with Gasteiger partial charge >= 0.3 is 0 Å². The summed E-state index contributed by atoms with van der Waals surface area (Å²) in [6.07, 6.45) is 2.04. The Morgan fingerprint density at radius 3 is 2.71 bits per heavy atom. The molecule has 17 heavy (non-hydrogen) atoms. The smallest absolute Gasteiger partial charge is 0.254 e. The summed E-state index contributed by atoms with van der Waals surface area (Å²) >= 11 is 1.69. The van der Waals surface area contributed by atoms with Crippen LogP contribution in [0.5, 0.6) is 0 Å². The Kier molecular flexibility index (Phi) is 3.45. The van der Waals surface area contributed by atoms with E-state index in [-0.39, 0.29) is 5.91 Å². The van der Waals surface area contributed by atoms with E-state index in [1.807, 2.05) is 38.3 Å². The minimum atomic E-state index is -0.395. The first-order valence-electron chi connectivity index (χ1n) is 5.61. The van der Waals surface area contributed by atoms with Gasteiger partial charge in [-0.15, -0.1) is 11.8 Å². The number of benzene rings is 1. The summed E-state index contributed by atoms with van der Waals surface area (Å²) in [6, 6.07) is 8.09. The first-order chi connectivity index (χ1) is 8.04. The fraction of sp³-hybridized carbons (Fsp3) is 0.462. The van der Waals surface area contributed by atoms with Crippen LogP contribution in [0.1, 0.15) is 19.4 Å². The van der Waals surface area contributed by atoms with Gasteiger partial charge in [-0.3, -0.25) is 9.63 Å². The highest BCUT2D eigenvalue weighted by Crippen LogP contribution is 2.29. The van der Waals surface area contributed by atoms with Crippen molar-refractivity contribution in [2.45, 2.75) is 25.3 Å². The fourth-order valence-electron chi connectivity index (χ4n) is 1.80. The molecule has 92 valence electrons. The summed E-state index contributed by atoms with van der Waals surface area (Å²) in [5.41, 5.74) is 0.736. The summed E-state index contributed by atoms with van der Waals surface area (Å²) < 4.78 is 0. The molecule has 0 unspecified atom stereocenters. The average Bonchev–Trinajstić information content (AvgIpc) is 2.57. The lowest BCUT2D eigenvalue weighted by Gasteiger charge is -2.17. The van der Waals surface area contributed by atoms with Crippen LogP contribution in [0.25, 0.3) is 0 Å². The molecule has 1 aromatic carbocycles. The van der Waals surface area contributed by atoms with Crippen molar-refractivity contribution in [2.24, 2.45) is 5.41 Å². The van der Waals surface area contributed by atoms with E-state index in [1.165, 1.54) is 9.96 Å². The van der Waals surface area contributed by atoms with Crippen molar-refractivity contribution in [1.82, 2.24) is 5.06 Å². The Balaban J connectivity index is 2.15. The van der Waals surface area contributed by atoms with E-state index in [2.05, 4.69) is 6.07 Å². The summed E-state index contributed by atoms with van der Waals surface area (Å²) in [5.74, 6) is 0.0633. The number of carbonyl (C=O) groups excluding carboxylic acids is 1. The molecule has 1 fully saturated rings. The van der Waals surface area contributed by atoms with Crippen molar-refractivity contribution < 1.29 is 9.63 Å². The van der Waals surface area contributed by atoms with Crippen molar-refractivity contribution >= 4 is 17.7 Å². The summed E-state index contributed by atoms with van der Waals surface area (Å²) in [7, 11) is 0. The molecule has 1 aliphatic heterocycles. The normalized spacial score (nSPS) is 18.8. The van der Waals surface area contributed by atoms with E-state index in [0.717, 1.165) is 5.56 Å². The van der Waals surface area contributed by atoms with Crippen LogP contribution in [-0.2, 0) is 16.2 Å². The Hall–Kier alpha value is -1.00. The molecule has 1 aliphatic rings. The summed E-state index contributed by atoms with van der Waals surface area (Å²) in [6.45, 7) is 4.82. The molecule has 0 saturated carbocycles. The Morgan fingerprint density at radius 1 is 1.41 bits per heavy atom. The molecule has 3 nitrogen and oxygen atoms in total. The Bertz CT molecular complexity index is 431. The summed E-state index contributed by atoms with van der Waals surface area (Å²) in [5, 5.41) is 1.48. The van der Waals surface area contributed by atoms with Gasteiger partial charge in [0.2, 0.25) is 0 Å². The van der Waals surface area contributed by atoms with Gasteiger partial charge in [-0.25, -0.2) is 5.06 Å². The standard InChI is InChI=1S/C13H17NO2S/c1-13(2)9-16-14(12(13)15)8-10-6-4-5-7-11(10)17-3/h4-7H,8-9H2,1-3H3. The minimum absolute atomic E-state index is 0.0633. The number of rotatable bonds is 3. The maximum Gasteiger partial charge on any atom is 0.254 e. The van der Waals surface area contributed by atoms with Gasteiger partial charge in [-0.2, -0.15) is 0 Å². The molecule has 0 aliphatic carbocycles. The van der Waals surface area contributed by atoms with Gasteiger partial charge in [0.25, 0.3) is 5.91 Å². The molecular formula is C13H17NO2S. The maximum atomic E-state index is 12.0. The van der Waals surface area contributed by atoms with Crippen LogP contribution in [0.15, 0.2) is 29.2 Å². The number of hydroxylamine groups is 2. The molecule has 0 bridgehead atoms. The van der Waals surface area contributed by atoms with Crippen molar-refractivity contribution in [3.63, 3.8) is 0 Å². The number of amides is 1. The molecule has 0 spiro atoms. The predicted octanol–water partition coefficient (Wildman–Crippen LogP) is 2.71. The fourth-order valence-corrected chi connectivity index (χ4v) is 2.41. The second-order valence-electron chi connectivity index (χ2n) is 4.81. The zero-order valence-electron chi connectivity index (χ0n) is 10.4. The zero-order chi connectivity index (χ0) is 12.5.